The minimum Gasteiger partial charge on any atom is -0.394 e. The van der Waals surface area contributed by atoms with Crippen molar-refractivity contribution in [3.63, 3.8) is 0 Å². The van der Waals surface area contributed by atoms with Crippen LogP contribution < -0.4 is 11.3 Å². The molecule has 82 valence electrons. The number of anilines is 1. The van der Waals surface area contributed by atoms with Crippen LogP contribution in [0.4, 0.5) is 5.69 Å². The summed E-state index contributed by atoms with van der Waals surface area (Å²) in [6, 6.07) is 3.24. The lowest BCUT2D eigenvalue weighted by molar-refractivity contribution is 0.0739. The molecule has 0 aromatic carbocycles. The van der Waals surface area contributed by atoms with E-state index in [9.17, 15) is 9.90 Å². The molecule has 1 heterocycles. The number of nitrogens with two attached hydrogens (primary N) is 1. The molecule has 4 heteroatoms. The highest BCUT2D eigenvalue weighted by atomic mass is 16.3. The average molecular weight is 208 g/mol. The Hall–Kier alpha value is -1.29. The van der Waals surface area contributed by atoms with Crippen LogP contribution >= 0.6 is 0 Å². The van der Waals surface area contributed by atoms with Crippen molar-refractivity contribution in [1.82, 2.24) is 4.57 Å². The smallest absolute Gasteiger partial charge is 0.274 e. The Morgan fingerprint density at radius 1 is 1.40 bits per heavy atom. The van der Waals surface area contributed by atoms with Gasteiger partial charge in [0.2, 0.25) is 0 Å². The minimum absolute atomic E-state index is 0.102. The molecule has 1 fully saturated rings. The second-order valence-electron chi connectivity index (χ2n) is 4.10. The fraction of sp³-hybridized carbons (Fsp3) is 0.545. The van der Waals surface area contributed by atoms with Crippen molar-refractivity contribution in [3.05, 3.63) is 28.7 Å². The summed E-state index contributed by atoms with van der Waals surface area (Å²) < 4.78 is 1.57. The fourth-order valence-corrected chi connectivity index (χ4v) is 2.20. The quantitative estimate of drug-likeness (QED) is 0.720. The largest absolute Gasteiger partial charge is 0.394 e. The predicted octanol–water partition coefficient (Wildman–Crippen LogP) is 0.906. The average Bonchev–Trinajstić information content (AvgIpc) is 2.23. The summed E-state index contributed by atoms with van der Waals surface area (Å²) >= 11 is 0. The summed E-state index contributed by atoms with van der Waals surface area (Å²) in [5, 5.41) is 9.84. The molecule has 1 unspecified atom stereocenters. The molecule has 2 atom stereocenters. The van der Waals surface area contributed by atoms with Gasteiger partial charge in [-0.3, -0.25) is 4.79 Å². The van der Waals surface area contributed by atoms with Crippen LogP contribution in [0.2, 0.25) is 0 Å². The maximum Gasteiger partial charge on any atom is 0.274 e. The lowest BCUT2D eigenvalue weighted by atomic mass is 9.92. The van der Waals surface area contributed by atoms with E-state index in [1.54, 1.807) is 22.9 Å². The Kier molecular flexibility index (Phi) is 2.77. The number of aromatic nitrogens is 1. The highest BCUT2D eigenvalue weighted by Crippen LogP contribution is 2.27. The summed E-state index contributed by atoms with van der Waals surface area (Å²) in [7, 11) is 0. The molecule has 1 aliphatic carbocycles. The van der Waals surface area contributed by atoms with E-state index in [2.05, 4.69) is 0 Å². The van der Waals surface area contributed by atoms with Gasteiger partial charge in [0.05, 0.1) is 17.8 Å². The van der Waals surface area contributed by atoms with Gasteiger partial charge in [0.15, 0.2) is 0 Å². The van der Waals surface area contributed by atoms with E-state index in [1.807, 2.05) is 0 Å². The first-order chi connectivity index (χ1) is 7.20. The molecule has 0 saturated heterocycles. The normalized spacial score (nSPS) is 26.5. The van der Waals surface area contributed by atoms with Crippen LogP contribution in [0, 0.1) is 0 Å². The van der Waals surface area contributed by atoms with E-state index in [0.717, 1.165) is 25.7 Å². The van der Waals surface area contributed by atoms with Crippen LogP contribution in [0.5, 0.6) is 0 Å². The molecule has 1 aliphatic rings. The molecule has 1 aromatic rings. The van der Waals surface area contributed by atoms with Crippen LogP contribution in [0.25, 0.3) is 0 Å². The van der Waals surface area contributed by atoms with Gasteiger partial charge in [0.1, 0.15) is 0 Å². The van der Waals surface area contributed by atoms with E-state index < -0.39 is 6.10 Å². The van der Waals surface area contributed by atoms with Crippen LogP contribution in [0.15, 0.2) is 23.1 Å². The number of nitrogen functional groups attached to an aromatic ring is 1. The Morgan fingerprint density at radius 2 is 2.13 bits per heavy atom. The molecule has 0 bridgehead atoms. The number of pyridine rings is 1. The lowest BCUT2D eigenvalue weighted by Gasteiger charge is -2.29. The zero-order valence-electron chi connectivity index (χ0n) is 8.60. The molecule has 0 radical (unpaired) electrons. The van der Waals surface area contributed by atoms with E-state index in [4.69, 9.17) is 5.73 Å². The Bertz CT molecular complexity index is 400. The molecule has 1 aromatic heterocycles. The third-order valence-corrected chi connectivity index (χ3v) is 3.06. The van der Waals surface area contributed by atoms with Gasteiger partial charge in [-0.25, -0.2) is 0 Å². The van der Waals surface area contributed by atoms with Gasteiger partial charge < -0.3 is 15.4 Å². The molecule has 0 spiro atoms. The van der Waals surface area contributed by atoms with E-state index in [0.29, 0.717) is 0 Å². The third kappa shape index (κ3) is 1.90. The van der Waals surface area contributed by atoms with Gasteiger partial charge in [-0.1, -0.05) is 12.8 Å². The number of aliphatic hydroxyl groups is 1. The molecule has 1 saturated carbocycles. The zero-order valence-corrected chi connectivity index (χ0v) is 8.60. The lowest BCUT2D eigenvalue weighted by Crippen LogP contribution is -2.35. The molecular formula is C11H16N2O2. The highest BCUT2D eigenvalue weighted by molar-refractivity contribution is 5.33. The molecule has 0 aliphatic heterocycles. The minimum atomic E-state index is -0.418. The second kappa shape index (κ2) is 4.06. The Morgan fingerprint density at radius 3 is 2.87 bits per heavy atom. The van der Waals surface area contributed by atoms with Gasteiger partial charge in [-0.2, -0.15) is 0 Å². The van der Waals surface area contributed by atoms with E-state index in [-0.39, 0.29) is 17.3 Å². The van der Waals surface area contributed by atoms with Crippen molar-refractivity contribution in [2.45, 2.75) is 37.8 Å². The van der Waals surface area contributed by atoms with Crippen LogP contribution in [-0.2, 0) is 0 Å². The fourth-order valence-electron chi connectivity index (χ4n) is 2.20. The summed E-state index contributed by atoms with van der Waals surface area (Å²) in [4.78, 5) is 11.7. The number of aliphatic hydroxyl groups excluding tert-OH is 1. The standard InChI is InChI=1S/C11H16N2O2/c12-8-4-3-7-13(11(8)15)9-5-1-2-6-10(9)14/h3-4,7,9-10,14H,1-2,5-6,12H2/t9-,10?/m0/s1. The number of rotatable bonds is 1. The molecule has 3 N–H and O–H groups in total. The number of hydrogen-bond acceptors (Lipinski definition) is 3. The van der Waals surface area contributed by atoms with Crippen LogP contribution in [0.1, 0.15) is 31.7 Å². The van der Waals surface area contributed by atoms with Crippen LogP contribution in [0.3, 0.4) is 0 Å². The van der Waals surface area contributed by atoms with Gasteiger partial charge in [-0.05, 0) is 25.0 Å². The summed E-state index contributed by atoms with van der Waals surface area (Å²) in [5.41, 5.74) is 5.61. The van der Waals surface area contributed by atoms with Gasteiger partial charge in [-0.15, -0.1) is 0 Å². The topological polar surface area (TPSA) is 68.2 Å². The van der Waals surface area contributed by atoms with E-state index in [1.165, 1.54) is 0 Å². The summed E-state index contributed by atoms with van der Waals surface area (Å²) in [6.07, 6.45) is 5.00. The molecule has 4 nitrogen and oxygen atoms in total. The SMILES string of the molecule is Nc1cccn([C@H]2CCCCC2O)c1=O. The molecule has 2 rings (SSSR count). The first-order valence-corrected chi connectivity index (χ1v) is 5.35. The van der Waals surface area contributed by atoms with Gasteiger partial charge in [0.25, 0.3) is 5.56 Å². The maximum absolute atomic E-state index is 11.7. The Balaban J connectivity index is 2.36. The third-order valence-electron chi connectivity index (χ3n) is 3.06. The van der Waals surface area contributed by atoms with Gasteiger partial charge in [0, 0.05) is 6.20 Å². The predicted molar refractivity (Wildman–Crippen MR) is 58.6 cm³/mol. The van der Waals surface area contributed by atoms with Crippen molar-refractivity contribution < 1.29 is 5.11 Å². The van der Waals surface area contributed by atoms with Crippen molar-refractivity contribution >= 4 is 5.69 Å². The monoisotopic (exact) mass is 208 g/mol. The first-order valence-electron chi connectivity index (χ1n) is 5.35. The van der Waals surface area contributed by atoms with Crippen molar-refractivity contribution in [3.8, 4) is 0 Å². The summed E-state index contributed by atoms with van der Waals surface area (Å²) in [6.45, 7) is 0. The second-order valence-corrected chi connectivity index (χ2v) is 4.10. The zero-order chi connectivity index (χ0) is 10.8. The van der Waals surface area contributed by atoms with Crippen molar-refractivity contribution in [1.29, 1.82) is 0 Å². The number of nitrogens with zero attached hydrogens (tertiary/aromatic N) is 1. The Labute approximate surface area is 88.3 Å². The first kappa shape index (κ1) is 10.2. The summed E-state index contributed by atoms with van der Waals surface area (Å²) in [5.74, 6) is 0. The molecular weight excluding hydrogens is 192 g/mol. The van der Waals surface area contributed by atoms with Crippen LogP contribution in [-0.4, -0.2) is 15.8 Å². The number of hydrogen-bond donors (Lipinski definition) is 2. The van der Waals surface area contributed by atoms with E-state index >= 15 is 0 Å². The van der Waals surface area contributed by atoms with Gasteiger partial charge >= 0.3 is 0 Å². The van der Waals surface area contributed by atoms with Crippen molar-refractivity contribution in [2.24, 2.45) is 0 Å². The highest BCUT2D eigenvalue weighted by Gasteiger charge is 2.25. The molecule has 0 amide bonds. The molecule has 15 heavy (non-hydrogen) atoms. The van der Waals surface area contributed by atoms with Crippen molar-refractivity contribution in [2.75, 3.05) is 5.73 Å². The maximum atomic E-state index is 11.7.